The molecule has 4 amide bonds. The molecule has 18 heteroatoms. The van der Waals surface area contributed by atoms with Crippen molar-refractivity contribution in [2.24, 2.45) is 0 Å². The predicted octanol–water partition coefficient (Wildman–Crippen LogP) is 7.84. The minimum Gasteiger partial charge on any atom is -0.537 e. The Morgan fingerprint density at radius 2 is 0.864 bits per heavy atom. The fourth-order valence-electron chi connectivity index (χ4n) is 9.29. The summed E-state index contributed by atoms with van der Waals surface area (Å²) in [6, 6.07) is 27.7. The molecule has 4 N–H and O–H groups in total. The van der Waals surface area contributed by atoms with Crippen LogP contribution in [-0.2, 0) is 19.2 Å². The summed E-state index contributed by atoms with van der Waals surface area (Å²) < 4.78 is 14.4. The number of rotatable bonds is 8. The van der Waals surface area contributed by atoms with Gasteiger partial charge in [0.25, 0.3) is 40.3 Å². The number of H-pyrrole nitrogens is 2. The quantitative estimate of drug-likeness (QED) is 0.0847. The lowest BCUT2D eigenvalue weighted by atomic mass is 10.1. The first kappa shape index (κ1) is 40.8. The van der Waals surface area contributed by atoms with Crippen LogP contribution < -0.4 is 19.5 Å². The van der Waals surface area contributed by atoms with Crippen LogP contribution >= 0.6 is 0 Å². The van der Waals surface area contributed by atoms with Gasteiger partial charge in [0.15, 0.2) is 29.0 Å². The molecule has 16 nitrogen and oxygen atoms in total. The van der Waals surface area contributed by atoms with Crippen molar-refractivity contribution < 1.29 is 28.0 Å². The van der Waals surface area contributed by atoms with E-state index in [0.717, 1.165) is 33.0 Å². The molecule has 2 unspecified atom stereocenters. The topological polar surface area (TPSA) is 220 Å². The highest BCUT2D eigenvalue weighted by atomic mass is 28.4. The van der Waals surface area contributed by atoms with Gasteiger partial charge in [-0.05, 0) is 51.2 Å². The van der Waals surface area contributed by atoms with Crippen molar-refractivity contribution in [2.75, 3.05) is 0 Å². The molecule has 66 heavy (non-hydrogen) atoms. The van der Waals surface area contributed by atoms with Crippen LogP contribution in [0.5, 0.6) is 11.5 Å². The molecule has 0 radical (unpaired) electrons. The number of amides is 4. The van der Waals surface area contributed by atoms with Crippen molar-refractivity contribution in [3.63, 3.8) is 0 Å². The van der Waals surface area contributed by atoms with E-state index in [4.69, 9.17) is 38.8 Å². The second kappa shape index (κ2) is 14.8. The Kier molecular flexibility index (Phi) is 9.14. The summed E-state index contributed by atoms with van der Waals surface area (Å²) in [5, 5.41) is 8.24. The van der Waals surface area contributed by atoms with Gasteiger partial charge in [0.05, 0.1) is 15.8 Å². The monoisotopic (exact) mass is 908 g/mol. The van der Waals surface area contributed by atoms with E-state index in [-0.39, 0.29) is 17.1 Å². The summed E-state index contributed by atoms with van der Waals surface area (Å²) in [5.74, 6) is 0.174. The van der Waals surface area contributed by atoms with E-state index in [1.165, 1.54) is 0 Å². The first-order chi connectivity index (χ1) is 31.8. The van der Waals surface area contributed by atoms with Crippen LogP contribution in [0.1, 0.15) is 27.7 Å². The number of carbonyl (C=O) groups is 4. The van der Waals surface area contributed by atoms with Crippen molar-refractivity contribution in [1.29, 1.82) is 0 Å². The van der Waals surface area contributed by atoms with Gasteiger partial charge in [-0.2, -0.15) is 0 Å². The first-order valence-electron chi connectivity index (χ1n) is 21.6. The van der Waals surface area contributed by atoms with Gasteiger partial charge in [-0.25, -0.2) is 29.9 Å². The Morgan fingerprint density at radius 3 is 1.29 bits per heavy atom. The molecule has 0 fully saturated rings. The third-order valence-corrected chi connectivity index (χ3v) is 20.4. The van der Waals surface area contributed by atoms with Gasteiger partial charge in [-0.1, -0.05) is 86.6 Å². The van der Waals surface area contributed by atoms with Crippen molar-refractivity contribution in [1.82, 2.24) is 50.5 Å². The molecule has 8 bridgehead atoms. The molecule has 4 aromatic carbocycles. The molecule has 4 aliphatic heterocycles. The molecule has 7 heterocycles. The lowest BCUT2D eigenvalue weighted by Crippen LogP contribution is -2.46. The number of hydrogen-bond donors (Lipinski definition) is 4. The van der Waals surface area contributed by atoms with Gasteiger partial charge in [0.2, 0.25) is 0 Å². The third-order valence-electron chi connectivity index (χ3n) is 13.0. The molecule has 0 saturated heterocycles. The van der Waals surface area contributed by atoms with Crippen molar-refractivity contribution in [2.45, 2.75) is 52.9 Å². The molecule has 2 atom stereocenters. The number of imide groups is 2. The summed E-state index contributed by atoms with van der Waals surface area (Å²) in [7, 11) is -6.72. The van der Waals surface area contributed by atoms with Gasteiger partial charge in [-0.3, -0.25) is 29.8 Å². The molecule has 0 saturated carbocycles. The summed E-state index contributed by atoms with van der Waals surface area (Å²) in [5.41, 5.74) is 5.44. The van der Waals surface area contributed by atoms with Gasteiger partial charge in [-0.15, -0.1) is 0 Å². The van der Waals surface area contributed by atoms with E-state index in [9.17, 15) is 19.2 Å². The molecule has 4 aliphatic rings. The van der Waals surface area contributed by atoms with Crippen molar-refractivity contribution in [3.05, 3.63) is 106 Å². The summed E-state index contributed by atoms with van der Waals surface area (Å²) in [4.78, 5) is 90.6. The minimum absolute atomic E-state index is 0.224. The van der Waals surface area contributed by atoms with Gasteiger partial charge < -0.3 is 18.8 Å². The second-order valence-electron chi connectivity index (χ2n) is 17.0. The minimum atomic E-state index is -3.42. The average molecular weight is 909 g/mol. The number of nitrogens with zero attached hydrogens (tertiary/aromatic N) is 6. The van der Waals surface area contributed by atoms with Crippen LogP contribution in [-0.4, -0.2) is 80.1 Å². The van der Waals surface area contributed by atoms with E-state index >= 15 is 0 Å². The third kappa shape index (κ3) is 6.16. The Balaban J connectivity index is 1.28. The molecular formula is C48H40N10O6Si2. The molecule has 7 aromatic rings. The van der Waals surface area contributed by atoms with Crippen LogP contribution in [0.2, 0.25) is 25.2 Å². The molecule has 3 aromatic heterocycles. The maximum atomic E-state index is 13.6. The Bertz CT molecular complexity index is 3630. The van der Waals surface area contributed by atoms with Gasteiger partial charge in [0, 0.05) is 49.6 Å². The summed E-state index contributed by atoms with van der Waals surface area (Å²) in [6.45, 7) is 10.9. The van der Waals surface area contributed by atoms with Crippen LogP contribution in [0.15, 0.2) is 106 Å². The van der Waals surface area contributed by atoms with E-state index in [0.29, 0.717) is 84.7 Å². The lowest BCUT2D eigenvalue weighted by Gasteiger charge is -2.33. The van der Waals surface area contributed by atoms with Crippen LogP contribution in [0.4, 0.5) is 0 Å². The number of carbonyl (C=O) groups excluding carboxylic acids is 4. The van der Waals surface area contributed by atoms with E-state index in [1.807, 2.05) is 106 Å². The Labute approximate surface area is 378 Å². The highest BCUT2D eigenvalue weighted by Gasteiger charge is 2.48. The van der Waals surface area contributed by atoms with Crippen molar-refractivity contribution >= 4 is 84.4 Å². The smallest absolute Gasteiger partial charge is 0.285 e. The van der Waals surface area contributed by atoms with Crippen molar-refractivity contribution in [3.8, 4) is 57.1 Å². The number of hydrogen-bond acceptors (Lipinski definition) is 12. The highest BCUT2D eigenvalue weighted by Crippen LogP contribution is 2.46. The predicted molar refractivity (Wildman–Crippen MR) is 253 cm³/mol. The van der Waals surface area contributed by atoms with E-state index in [1.54, 1.807) is 19.9 Å². The van der Waals surface area contributed by atoms with Gasteiger partial charge >= 0.3 is 0 Å². The molecule has 326 valence electrons. The average Bonchev–Trinajstić information content (AvgIpc) is 4.14. The number of benzene rings is 4. The normalized spacial score (nSPS) is 16.3. The molecule has 11 rings (SSSR count). The number of aromatic nitrogens is 8. The Hall–Kier alpha value is -7.97. The van der Waals surface area contributed by atoms with Crippen LogP contribution in [0, 0.1) is 0 Å². The molecular weight excluding hydrogens is 869 g/mol. The van der Waals surface area contributed by atoms with E-state index < -0.39 is 40.3 Å². The SMILES string of the molecule is CC[Si](C)(Oc1ccc2c3nc4nc(nc5[nH]c(nc6nc(nc([nH]3)c2c1O[Si](C)(CC)C1=C(C)C(=O)NC1=O)-c1ccccc1-6)c1ccccc51)-c1ccccc1-4)C1=C(C)C(=O)NC1=O. The standard InChI is InChI=1S/C48H40N10O6Si2/c1-7-65(5,35-23(3)45(59)57-47(35)61)63-32-22-21-31-33(34(32)64-66(6,8-2)36-24(4)46(60)58-48(36)62)44-55-42-30-20-14-13-19-29(30)40(53-42)51-38-26-16-10-9-15-25(26)37(49-38)50-39-27-17-11-12-18-28(27)41(52-39)54-43(31)56-44/h9-22H,7-8H2,1-6H3,(H,57,59,61)(H,58,60,62)(H2,49,50,51,52,53,54,55,56). The maximum Gasteiger partial charge on any atom is 0.285 e. The molecule has 0 spiro atoms. The number of fused-ring (bicyclic) bond motifs is 20. The largest absolute Gasteiger partial charge is 0.537 e. The lowest BCUT2D eigenvalue weighted by molar-refractivity contribution is -0.125. The number of aromatic amines is 2. The molecule has 0 aliphatic carbocycles. The highest BCUT2D eigenvalue weighted by molar-refractivity contribution is 6.86. The number of nitrogens with one attached hydrogen (secondary N) is 4. The zero-order chi connectivity index (χ0) is 45.8. The summed E-state index contributed by atoms with van der Waals surface area (Å²) in [6.07, 6.45) is 0. The maximum absolute atomic E-state index is 13.6. The van der Waals surface area contributed by atoms with Crippen LogP contribution in [0.3, 0.4) is 0 Å². The zero-order valence-electron chi connectivity index (χ0n) is 36.6. The second-order valence-corrected chi connectivity index (χ2v) is 24.7. The first-order valence-corrected chi connectivity index (χ1v) is 26.8. The fraction of sp³-hybridized carbons (Fsp3) is 0.167. The van der Waals surface area contributed by atoms with Gasteiger partial charge in [0.1, 0.15) is 28.3 Å². The van der Waals surface area contributed by atoms with Crippen LogP contribution in [0.25, 0.3) is 89.7 Å². The summed E-state index contributed by atoms with van der Waals surface area (Å²) >= 11 is 0. The fourth-order valence-corrected chi connectivity index (χ4v) is 14.7. The Morgan fingerprint density at radius 1 is 0.470 bits per heavy atom. The van der Waals surface area contributed by atoms with E-state index in [2.05, 4.69) is 20.6 Å². The zero-order valence-corrected chi connectivity index (χ0v) is 38.6.